The van der Waals surface area contributed by atoms with Gasteiger partial charge in [0.2, 0.25) is 0 Å². The lowest BCUT2D eigenvalue weighted by Crippen LogP contribution is -2.43. The van der Waals surface area contributed by atoms with Gasteiger partial charge in [0.15, 0.2) is 0 Å². The van der Waals surface area contributed by atoms with Crippen molar-refractivity contribution < 1.29 is 13.9 Å². The molecule has 0 N–H and O–H groups in total. The minimum absolute atomic E-state index is 0.0248. The smallest absolute Gasteiger partial charge is 0.254 e. The van der Waals surface area contributed by atoms with Gasteiger partial charge in [-0.05, 0) is 24.3 Å². The van der Waals surface area contributed by atoms with E-state index in [1.807, 2.05) is 49.0 Å². The van der Waals surface area contributed by atoms with Gasteiger partial charge in [0, 0.05) is 38.8 Å². The van der Waals surface area contributed by atoms with Crippen LogP contribution in [0.4, 0.5) is 5.82 Å². The van der Waals surface area contributed by atoms with Crippen LogP contribution in [0.25, 0.3) is 0 Å². The Labute approximate surface area is 142 Å². The lowest BCUT2D eigenvalue weighted by molar-refractivity contribution is -0.00901. The second-order valence-electron chi connectivity index (χ2n) is 6.04. The van der Waals surface area contributed by atoms with Gasteiger partial charge in [0.1, 0.15) is 23.4 Å². The Morgan fingerprint density at radius 1 is 1.38 bits per heavy atom. The highest BCUT2D eigenvalue weighted by molar-refractivity contribution is 5.95. The summed E-state index contributed by atoms with van der Waals surface area (Å²) in [7, 11) is 3.81. The Hall–Kier alpha value is -2.34. The lowest BCUT2D eigenvalue weighted by Gasteiger charge is -2.34. The molecule has 0 aliphatic carbocycles. The van der Waals surface area contributed by atoms with E-state index in [0.29, 0.717) is 25.3 Å². The molecule has 3 heterocycles. The first-order valence-corrected chi connectivity index (χ1v) is 8.21. The van der Waals surface area contributed by atoms with Gasteiger partial charge < -0.3 is 19.0 Å². The van der Waals surface area contributed by atoms with Crippen LogP contribution < -0.4 is 4.90 Å². The Balaban J connectivity index is 1.87. The fourth-order valence-electron chi connectivity index (χ4n) is 2.81. The molecule has 0 saturated carbocycles. The number of rotatable bonds is 4. The van der Waals surface area contributed by atoms with Gasteiger partial charge in [0.25, 0.3) is 5.91 Å². The normalized spacial score (nSPS) is 17.8. The number of amides is 1. The summed E-state index contributed by atoms with van der Waals surface area (Å²) in [6.45, 7) is 3.58. The number of pyridine rings is 1. The van der Waals surface area contributed by atoms with E-state index in [1.54, 1.807) is 12.3 Å². The van der Waals surface area contributed by atoms with Crippen LogP contribution in [0.5, 0.6) is 0 Å². The number of aromatic nitrogens is 1. The second-order valence-corrected chi connectivity index (χ2v) is 6.04. The number of nitrogens with zero attached hydrogens (tertiary/aromatic N) is 3. The van der Waals surface area contributed by atoms with Crippen LogP contribution in [0.2, 0.25) is 0 Å². The van der Waals surface area contributed by atoms with Crippen LogP contribution in [-0.2, 0) is 11.2 Å². The summed E-state index contributed by atoms with van der Waals surface area (Å²) in [4.78, 5) is 21.0. The molecular weight excluding hydrogens is 306 g/mol. The molecule has 6 heteroatoms. The van der Waals surface area contributed by atoms with E-state index in [9.17, 15) is 4.79 Å². The summed E-state index contributed by atoms with van der Waals surface area (Å²) in [5, 5.41) is 0. The van der Waals surface area contributed by atoms with E-state index < -0.39 is 0 Å². The Kier molecular flexibility index (Phi) is 4.85. The zero-order valence-corrected chi connectivity index (χ0v) is 14.4. The van der Waals surface area contributed by atoms with E-state index >= 15 is 0 Å². The fraction of sp³-hybridized carbons (Fsp3) is 0.444. The van der Waals surface area contributed by atoms with Crippen molar-refractivity contribution in [3.05, 3.63) is 47.5 Å². The Morgan fingerprint density at radius 3 is 2.92 bits per heavy atom. The lowest BCUT2D eigenvalue weighted by atomic mass is 10.1. The summed E-state index contributed by atoms with van der Waals surface area (Å²) in [5.41, 5.74) is 0.628. The molecule has 2 aromatic rings. The molecule has 24 heavy (non-hydrogen) atoms. The molecular formula is C18H23N3O3. The SMILES string of the molecule is CCc1ccc([C@@H]2COCCN2C(=O)c2ccnc(N(C)C)c2)o1. The first kappa shape index (κ1) is 16.5. The van der Waals surface area contributed by atoms with E-state index in [-0.39, 0.29) is 11.9 Å². The van der Waals surface area contributed by atoms with Gasteiger partial charge in [-0.15, -0.1) is 0 Å². The molecule has 128 valence electrons. The van der Waals surface area contributed by atoms with E-state index in [1.165, 1.54) is 0 Å². The number of hydrogen-bond donors (Lipinski definition) is 0. The van der Waals surface area contributed by atoms with Crippen molar-refractivity contribution in [2.75, 3.05) is 38.8 Å². The maximum absolute atomic E-state index is 13.0. The van der Waals surface area contributed by atoms with Gasteiger partial charge in [-0.2, -0.15) is 0 Å². The number of aryl methyl sites for hydroxylation is 1. The third-order valence-electron chi connectivity index (χ3n) is 4.20. The molecule has 6 nitrogen and oxygen atoms in total. The van der Waals surface area contributed by atoms with Crippen molar-refractivity contribution >= 4 is 11.7 Å². The largest absolute Gasteiger partial charge is 0.464 e. The summed E-state index contributed by atoms with van der Waals surface area (Å²) in [6.07, 6.45) is 2.50. The topological polar surface area (TPSA) is 58.8 Å². The van der Waals surface area contributed by atoms with Gasteiger partial charge in [-0.25, -0.2) is 4.98 Å². The zero-order valence-electron chi connectivity index (χ0n) is 14.4. The minimum Gasteiger partial charge on any atom is -0.464 e. The number of carbonyl (C=O) groups is 1. The summed E-state index contributed by atoms with van der Waals surface area (Å²) in [5.74, 6) is 2.43. The predicted molar refractivity (Wildman–Crippen MR) is 91.2 cm³/mol. The number of morpholine rings is 1. The standard InChI is InChI=1S/C18H23N3O3/c1-4-14-5-6-16(24-14)15-12-23-10-9-21(15)18(22)13-7-8-19-17(11-13)20(2)3/h5-8,11,15H,4,9-10,12H2,1-3H3/t15-/m0/s1. The molecule has 0 radical (unpaired) electrons. The molecule has 0 aromatic carbocycles. The minimum atomic E-state index is -0.192. The summed E-state index contributed by atoms with van der Waals surface area (Å²) < 4.78 is 11.4. The number of carbonyl (C=O) groups excluding carboxylic acids is 1. The van der Waals surface area contributed by atoms with Crippen molar-refractivity contribution in [2.45, 2.75) is 19.4 Å². The molecule has 3 rings (SSSR count). The molecule has 1 atom stereocenters. The molecule has 1 aliphatic heterocycles. The number of furan rings is 1. The third-order valence-corrected chi connectivity index (χ3v) is 4.20. The highest BCUT2D eigenvalue weighted by Gasteiger charge is 2.31. The third kappa shape index (κ3) is 3.28. The maximum atomic E-state index is 13.0. The van der Waals surface area contributed by atoms with Crippen LogP contribution in [0.15, 0.2) is 34.9 Å². The number of anilines is 1. The van der Waals surface area contributed by atoms with E-state index in [4.69, 9.17) is 9.15 Å². The van der Waals surface area contributed by atoms with Crippen molar-refractivity contribution in [1.29, 1.82) is 0 Å². The highest BCUT2D eigenvalue weighted by Crippen LogP contribution is 2.28. The van der Waals surface area contributed by atoms with Crippen molar-refractivity contribution in [1.82, 2.24) is 9.88 Å². The second kappa shape index (κ2) is 7.05. The van der Waals surface area contributed by atoms with Gasteiger partial charge in [-0.1, -0.05) is 6.92 Å². The number of ether oxygens (including phenoxy) is 1. The zero-order chi connectivity index (χ0) is 17.1. The average molecular weight is 329 g/mol. The molecule has 1 saturated heterocycles. The highest BCUT2D eigenvalue weighted by atomic mass is 16.5. The summed E-state index contributed by atoms with van der Waals surface area (Å²) in [6, 6.07) is 7.28. The number of hydrogen-bond acceptors (Lipinski definition) is 5. The van der Waals surface area contributed by atoms with Crippen LogP contribution in [-0.4, -0.2) is 49.6 Å². The van der Waals surface area contributed by atoms with Gasteiger partial charge >= 0.3 is 0 Å². The molecule has 1 fully saturated rings. The first-order chi connectivity index (χ1) is 11.6. The average Bonchev–Trinajstić information content (AvgIpc) is 3.10. The molecule has 0 bridgehead atoms. The van der Waals surface area contributed by atoms with E-state index in [0.717, 1.165) is 23.8 Å². The van der Waals surface area contributed by atoms with Crippen LogP contribution in [0, 0.1) is 0 Å². The predicted octanol–water partition coefficient (Wildman–Crippen LogP) is 2.52. The Bertz CT molecular complexity index is 711. The molecule has 0 spiro atoms. The van der Waals surface area contributed by atoms with Gasteiger partial charge in [0.05, 0.1) is 13.2 Å². The van der Waals surface area contributed by atoms with Crippen LogP contribution >= 0.6 is 0 Å². The van der Waals surface area contributed by atoms with E-state index in [2.05, 4.69) is 4.98 Å². The monoisotopic (exact) mass is 329 g/mol. The fourth-order valence-corrected chi connectivity index (χ4v) is 2.81. The van der Waals surface area contributed by atoms with Crippen LogP contribution in [0.3, 0.4) is 0 Å². The molecule has 1 amide bonds. The molecule has 1 aliphatic rings. The maximum Gasteiger partial charge on any atom is 0.254 e. The Morgan fingerprint density at radius 2 is 2.21 bits per heavy atom. The van der Waals surface area contributed by atoms with Crippen molar-refractivity contribution in [3.8, 4) is 0 Å². The first-order valence-electron chi connectivity index (χ1n) is 8.21. The van der Waals surface area contributed by atoms with Gasteiger partial charge in [-0.3, -0.25) is 4.79 Å². The van der Waals surface area contributed by atoms with Crippen molar-refractivity contribution in [2.24, 2.45) is 0 Å². The van der Waals surface area contributed by atoms with Crippen LogP contribution in [0.1, 0.15) is 34.8 Å². The summed E-state index contributed by atoms with van der Waals surface area (Å²) >= 11 is 0. The molecule has 2 aromatic heterocycles. The quantitative estimate of drug-likeness (QED) is 0.862. The van der Waals surface area contributed by atoms with Crippen molar-refractivity contribution in [3.63, 3.8) is 0 Å². The molecule has 0 unspecified atom stereocenters.